The van der Waals surface area contributed by atoms with Gasteiger partial charge in [0.2, 0.25) is 0 Å². The molecule has 0 atom stereocenters. The Bertz CT molecular complexity index is 608. The van der Waals surface area contributed by atoms with E-state index < -0.39 is 9.85 Å². The highest BCUT2D eigenvalue weighted by atomic mass is 32.1. The summed E-state index contributed by atoms with van der Waals surface area (Å²) >= 11 is 1.03. The molecule has 0 radical (unpaired) electrons. The second-order valence-corrected chi connectivity index (χ2v) is 4.48. The van der Waals surface area contributed by atoms with E-state index in [1.165, 1.54) is 30.3 Å². The summed E-state index contributed by atoms with van der Waals surface area (Å²) in [5.41, 5.74) is 0.675. The van der Waals surface area contributed by atoms with Crippen LogP contribution in [0.25, 0.3) is 0 Å². The number of non-ortho nitro benzene ring substituents is 1. The molecule has 1 aromatic carbocycles. The predicted molar refractivity (Wildman–Crippen MR) is 68.4 cm³/mol. The van der Waals surface area contributed by atoms with E-state index in [2.05, 4.69) is 0 Å². The highest BCUT2D eigenvalue weighted by Crippen LogP contribution is 2.24. The first-order chi connectivity index (χ1) is 9.06. The molecule has 0 aliphatic rings. The minimum atomic E-state index is -0.494. The Balaban J connectivity index is 1.97. The monoisotopic (exact) mass is 280 g/mol. The Morgan fingerprint density at radius 1 is 1.11 bits per heavy atom. The maximum absolute atomic E-state index is 10.5. The van der Waals surface area contributed by atoms with Gasteiger partial charge in [-0.25, -0.2) is 0 Å². The molecule has 2 rings (SSSR count). The third-order valence-electron chi connectivity index (χ3n) is 2.27. The first-order valence-corrected chi connectivity index (χ1v) is 6.03. The van der Waals surface area contributed by atoms with Gasteiger partial charge >= 0.3 is 5.00 Å². The second-order valence-electron chi connectivity index (χ2n) is 3.59. The van der Waals surface area contributed by atoms with Crippen LogP contribution in [-0.4, -0.2) is 9.85 Å². The fourth-order valence-electron chi connectivity index (χ4n) is 1.36. The zero-order valence-corrected chi connectivity index (χ0v) is 10.3. The molecule has 0 amide bonds. The van der Waals surface area contributed by atoms with Crippen LogP contribution >= 0.6 is 11.3 Å². The van der Waals surface area contributed by atoms with Gasteiger partial charge in [0, 0.05) is 29.1 Å². The van der Waals surface area contributed by atoms with E-state index in [1.807, 2.05) is 0 Å². The number of nitro groups is 2. The molecule has 8 heteroatoms. The molecule has 7 nitrogen and oxygen atoms in total. The van der Waals surface area contributed by atoms with E-state index in [0.717, 1.165) is 11.3 Å². The van der Waals surface area contributed by atoms with Crippen LogP contribution in [0.3, 0.4) is 0 Å². The Labute approximate surface area is 111 Å². The quantitative estimate of drug-likeness (QED) is 0.619. The Morgan fingerprint density at radius 2 is 1.79 bits per heavy atom. The molecular weight excluding hydrogens is 272 g/mol. The van der Waals surface area contributed by atoms with Gasteiger partial charge < -0.3 is 4.74 Å². The lowest BCUT2D eigenvalue weighted by Crippen LogP contribution is -1.94. The molecule has 0 bridgehead atoms. The van der Waals surface area contributed by atoms with Crippen molar-refractivity contribution in [1.29, 1.82) is 0 Å². The summed E-state index contributed by atoms with van der Waals surface area (Å²) in [6.45, 7) is 0.183. The lowest BCUT2D eigenvalue weighted by molar-refractivity contribution is -0.384. The Hall–Kier alpha value is -2.48. The molecule has 19 heavy (non-hydrogen) atoms. The third-order valence-corrected chi connectivity index (χ3v) is 3.20. The lowest BCUT2D eigenvalue weighted by atomic mass is 10.3. The minimum Gasteiger partial charge on any atom is -0.489 e. The second kappa shape index (κ2) is 5.44. The molecule has 0 saturated carbocycles. The summed E-state index contributed by atoms with van der Waals surface area (Å²) in [6.07, 6.45) is 0. The fraction of sp³-hybridized carbons (Fsp3) is 0.0909. The van der Waals surface area contributed by atoms with E-state index in [9.17, 15) is 20.2 Å². The average Bonchev–Trinajstić information content (AvgIpc) is 2.86. The van der Waals surface area contributed by atoms with Crippen molar-refractivity contribution in [2.45, 2.75) is 6.61 Å². The zero-order valence-electron chi connectivity index (χ0n) is 9.52. The van der Waals surface area contributed by atoms with E-state index in [1.54, 1.807) is 5.38 Å². The van der Waals surface area contributed by atoms with Crippen molar-refractivity contribution in [3.05, 3.63) is 61.5 Å². The molecule has 0 fully saturated rings. The van der Waals surface area contributed by atoms with Crippen molar-refractivity contribution in [3.63, 3.8) is 0 Å². The molecule has 0 N–H and O–H groups in total. The van der Waals surface area contributed by atoms with Crippen LogP contribution in [0.4, 0.5) is 10.7 Å². The highest BCUT2D eigenvalue weighted by Gasteiger charge is 2.10. The van der Waals surface area contributed by atoms with Crippen molar-refractivity contribution in [2.75, 3.05) is 0 Å². The maximum atomic E-state index is 10.5. The number of benzene rings is 1. The number of ether oxygens (including phenoxy) is 1. The van der Waals surface area contributed by atoms with Crippen molar-refractivity contribution < 1.29 is 14.6 Å². The van der Waals surface area contributed by atoms with E-state index in [0.29, 0.717) is 11.3 Å². The molecule has 0 unspecified atom stereocenters. The molecule has 98 valence electrons. The van der Waals surface area contributed by atoms with E-state index >= 15 is 0 Å². The summed E-state index contributed by atoms with van der Waals surface area (Å²) < 4.78 is 5.38. The van der Waals surface area contributed by atoms with Gasteiger partial charge in [0.1, 0.15) is 12.4 Å². The topological polar surface area (TPSA) is 95.5 Å². The summed E-state index contributed by atoms with van der Waals surface area (Å²) in [6, 6.07) is 7.09. The van der Waals surface area contributed by atoms with Crippen LogP contribution in [0.15, 0.2) is 35.7 Å². The molecule has 1 aromatic heterocycles. The van der Waals surface area contributed by atoms with Crippen LogP contribution in [0.5, 0.6) is 5.75 Å². The molecule has 1 heterocycles. The molecule has 2 aromatic rings. The van der Waals surface area contributed by atoms with Gasteiger partial charge in [-0.3, -0.25) is 20.2 Å². The van der Waals surface area contributed by atoms with Crippen LogP contribution in [-0.2, 0) is 6.61 Å². The Kier molecular flexibility index (Phi) is 3.71. The molecular formula is C11H8N2O5S. The first-order valence-electron chi connectivity index (χ1n) is 5.15. The fourth-order valence-corrected chi connectivity index (χ4v) is 2.08. The van der Waals surface area contributed by atoms with Gasteiger partial charge in [-0.05, 0) is 12.1 Å². The zero-order chi connectivity index (χ0) is 13.8. The van der Waals surface area contributed by atoms with Crippen LogP contribution in [0.1, 0.15) is 5.56 Å². The third kappa shape index (κ3) is 3.26. The molecule has 0 aliphatic carbocycles. The van der Waals surface area contributed by atoms with Crippen molar-refractivity contribution >= 4 is 22.0 Å². The van der Waals surface area contributed by atoms with Crippen molar-refractivity contribution in [2.24, 2.45) is 0 Å². The number of thiophene rings is 1. The van der Waals surface area contributed by atoms with Crippen LogP contribution in [0.2, 0.25) is 0 Å². The number of nitro benzene ring substituents is 1. The van der Waals surface area contributed by atoms with E-state index in [4.69, 9.17) is 4.74 Å². The SMILES string of the molecule is O=[N+]([O-])c1ccc(OCc2csc([N+](=O)[O-])c2)cc1. The maximum Gasteiger partial charge on any atom is 0.324 e. The highest BCUT2D eigenvalue weighted by molar-refractivity contribution is 7.13. The van der Waals surface area contributed by atoms with Crippen LogP contribution in [0, 0.1) is 20.2 Å². The normalized spacial score (nSPS) is 10.1. The smallest absolute Gasteiger partial charge is 0.324 e. The van der Waals surface area contributed by atoms with Crippen LogP contribution < -0.4 is 4.74 Å². The average molecular weight is 280 g/mol. The molecule has 0 saturated heterocycles. The van der Waals surface area contributed by atoms with Gasteiger partial charge in [0.25, 0.3) is 5.69 Å². The Morgan fingerprint density at radius 3 is 2.32 bits per heavy atom. The van der Waals surface area contributed by atoms with Gasteiger partial charge in [-0.1, -0.05) is 11.3 Å². The summed E-state index contributed by atoms with van der Waals surface area (Å²) in [5, 5.41) is 22.7. The summed E-state index contributed by atoms with van der Waals surface area (Å²) in [4.78, 5) is 20.0. The van der Waals surface area contributed by atoms with Gasteiger partial charge in [-0.15, -0.1) is 0 Å². The molecule has 0 spiro atoms. The van der Waals surface area contributed by atoms with E-state index in [-0.39, 0.29) is 17.3 Å². The summed E-state index contributed by atoms with van der Waals surface area (Å²) in [7, 11) is 0. The predicted octanol–water partition coefficient (Wildman–Crippen LogP) is 3.14. The standard InChI is InChI=1S/C11H8N2O5S/c14-12(15)9-1-3-10(4-2-9)18-6-8-5-11(13(16)17)19-7-8/h1-5,7H,6H2. The first kappa shape index (κ1) is 13.0. The van der Waals surface area contributed by atoms with Gasteiger partial charge in [0.05, 0.1) is 9.85 Å². The molecule has 0 aliphatic heterocycles. The van der Waals surface area contributed by atoms with Gasteiger partial charge in [-0.2, -0.15) is 0 Å². The lowest BCUT2D eigenvalue weighted by Gasteiger charge is -2.03. The van der Waals surface area contributed by atoms with Gasteiger partial charge in [0.15, 0.2) is 0 Å². The number of hydrogen-bond donors (Lipinski definition) is 0. The number of nitrogens with zero attached hydrogens (tertiary/aromatic N) is 2. The minimum absolute atomic E-state index is 0.0153. The summed E-state index contributed by atoms with van der Waals surface area (Å²) in [5.74, 6) is 0.472. The van der Waals surface area contributed by atoms with Crippen molar-refractivity contribution in [1.82, 2.24) is 0 Å². The number of rotatable bonds is 5. The van der Waals surface area contributed by atoms with Crippen molar-refractivity contribution in [3.8, 4) is 5.75 Å². The largest absolute Gasteiger partial charge is 0.489 e. The number of hydrogen-bond acceptors (Lipinski definition) is 6.